The Morgan fingerprint density at radius 3 is 2.27 bits per heavy atom. The molecular weight excluding hydrogens is 338 g/mol. The average Bonchev–Trinajstić information content (AvgIpc) is 2.52. The number of alkyl halides is 2. The van der Waals surface area contributed by atoms with Crippen molar-refractivity contribution in [3.63, 3.8) is 0 Å². The third-order valence-corrected chi connectivity index (χ3v) is 3.92. The normalized spacial score (nSPS) is 11.1. The van der Waals surface area contributed by atoms with Gasteiger partial charge in [-0.2, -0.15) is 8.78 Å². The van der Waals surface area contributed by atoms with Gasteiger partial charge in [-0.25, -0.2) is 0 Å². The molecule has 1 amide bonds. The van der Waals surface area contributed by atoms with Gasteiger partial charge in [0.05, 0.1) is 0 Å². The van der Waals surface area contributed by atoms with Crippen molar-refractivity contribution in [1.29, 1.82) is 0 Å². The highest BCUT2D eigenvalue weighted by Gasteiger charge is 2.16. The molecule has 0 heterocycles. The first-order chi connectivity index (χ1) is 12.2. The Morgan fingerprint density at radius 1 is 1.12 bits per heavy atom. The Bertz CT molecular complexity index is 781. The zero-order valence-electron chi connectivity index (χ0n) is 15.7. The number of nitrogens with one attached hydrogen (secondary N) is 1. The van der Waals surface area contributed by atoms with E-state index in [-0.39, 0.29) is 11.7 Å². The largest absolute Gasteiger partial charge is 0.434 e. The molecule has 0 aliphatic carbocycles. The molecule has 26 heavy (non-hydrogen) atoms. The molecule has 4 nitrogen and oxygen atoms in total. The van der Waals surface area contributed by atoms with Crippen LogP contribution in [0, 0.1) is 20.8 Å². The average molecular weight is 362 g/mol. The van der Waals surface area contributed by atoms with Crippen molar-refractivity contribution in [2.45, 2.75) is 33.9 Å². The molecule has 1 N–H and O–H groups in total. The lowest BCUT2D eigenvalue weighted by Crippen LogP contribution is -2.17. The minimum atomic E-state index is -2.90. The summed E-state index contributed by atoms with van der Waals surface area (Å²) in [6, 6.07) is 8.95. The van der Waals surface area contributed by atoms with Gasteiger partial charge in [-0.05, 0) is 69.8 Å². The topological polar surface area (TPSA) is 41.6 Å². The second-order valence-corrected chi connectivity index (χ2v) is 6.67. The quantitative estimate of drug-likeness (QED) is 0.821. The molecule has 2 aromatic rings. The van der Waals surface area contributed by atoms with E-state index in [0.29, 0.717) is 23.2 Å². The van der Waals surface area contributed by atoms with E-state index in [0.717, 1.165) is 16.8 Å². The van der Waals surface area contributed by atoms with Crippen LogP contribution in [-0.4, -0.2) is 31.5 Å². The number of amides is 1. The van der Waals surface area contributed by atoms with Crippen LogP contribution in [0.4, 0.5) is 14.5 Å². The molecule has 140 valence electrons. The monoisotopic (exact) mass is 362 g/mol. The fraction of sp³-hybridized carbons (Fsp3) is 0.350. The van der Waals surface area contributed by atoms with Crippen molar-refractivity contribution in [2.75, 3.05) is 19.4 Å². The molecule has 0 spiro atoms. The fourth-order valence-electron chi connectivity index (χ4n) is 2.87. The van der Waals surface area contributed by atoms with Gasteiger partial charge < -0.3 is 15.0 Å². The van der Waals surface area contributed by atoms with Gasteiger partial charge in [-0.3, -0.25) is 4.79 Å². The molecule has 0 fully saturated rings. The van der Waals surface area contributed by atoms with E-state index < -0.39 is 6.61 Å². The van der Waals surface area contributed by atoms with Crippen LogP contribution in [0.1, 0.15) is 32.6 Å². The summed E-state index contributed by atoms with van der Waals surface area (Å²) < 4.78 is 29.5. The van der Waals surface area contributed by atoms with Crippen LogP contribution in [0.25, 0.3) is 0 Å². The number of anilines is 1. The second kappa shape index (κ2) is 8.27. The van der Waals surface area contributed by atoms with Crippen LogP contribution in [0.3, 0.4) is 0 Å². The second-order valence-electron chi connectivity index (χ2n) is 6.67. The minimum absolute atomic E-state index is 0.111. The van der Waals surface area contributed by atoms with Crippen LogP contribution in [0.5, 0.6) is 5.75 Å². The van der Waals surface area contributed by atoms with Crippen molar-refractivity contribution in [3.05, 3.63) is 58.1 Å². The summed E-state index contributed by atoms with van der Waals surface area (Å²) in [7, 11) is 3.92. The third kappa shape index (κ3) is 5.02. The van der Waals surface area contributed by atoms with E-state index in [4.69, 9.17) is 0 Å². The maximum atomic E-state index is 12.7. The standard InChI is InChI=1S/C20H24F2N2O2/c1-12-6-7-17(16(8-12)11-24(4)5)23-19(25)15-9-13(2)18(14(3)10-15)26-20(21)22/h6-10,20H,11H2,1-5H3,(H,23,25). The molecule has 6 heteroatoms. The van der Waals surface area contributed by atoms with Crippen molar-refractivity contribution in [3.8, 4) is 5.75 Å². The number of carbonyl (C=O) groups is 1. The molecule has 0 bridgehead atoms. The van der Waals surface area contributed by atoms with Gasteiger partial charge in [-0.1, -0.05) is 17.7 Å². The Kier molecular flexibility index (Phi) is 6.32. The van der Waals surface area contributed by atoms with E-state index in [1.165, 1.54) is 0 Å². The summed E-state index contributed by atoms with van der Waals surface area (Å²) in [5.74, 6) is -0.177. The predicted octanol–water partition coefficient (Wildman–Crippen LogP) is 4.53. The SMILES string of the molecule is Cc1ccc(NC(=O)c2cc(C)c(OC(F)F)c(C)c2)c(CN(C)C)c1. The molecule has 2 aromatic carbocycles. The van der Waals surface area contributed by atoms with E-state index in [1.807, 2.05) is 44.1 Å². The van der Waals surface area contributed by atoms with Gasteiger partial charge in [0.1, 0.15) is 5.75 Å². The van der Waals surface area contributed by atoms with Crippen molar-refractivity contribution < 1.29 is 18.3 Å². The summed E-state index contributed by atoms with van der Waals surface area (Å²) in [6.07, 6.45) is 0. The number of rotatable bonds is 6. The molecule has 0 radical (unpaired) electrons. The van der Waals surface area contributed by atoms with Gasteiger partial charge in [0.25, 0.3) is 5.91 Å². The Morgan fingerprint density at radius 2 is 1.73 bits per heavy atom. The number of carbonyl (C=O) groups excluding carboxylic acids is 1. The van der Waals surface area contributed by atoms with Crippen molar-refractivity contribution in [2.24, 2.45) is 0 Å². The highest BCUT2D eigenvalue weighted by molar-refractivity contribution is 6.05. The first kappa shape index (κ1) is 19.8. The van der Waals surface area contributed by atoms with Crippen molar-refractivity contribution >= 4 is 11.6 Å². The maximum absolute atomic E-state index is 12.7. The van der Waals surface area contributed by atoms with E-state index in [1.54, 1.807) is 26.0 Å². The number of ether oxygens (including phenoxy) is 1. The molecule has 0 saturated carbocycles. The number of hydrogen-bond acceptors (Lipinski definition) is 3. The lowest BCUT2D eigenvalue weighted by atomic mass is 10.0. The highest BCUT2D eigenvalue weighted by Crippen LogP contribution is 2.27. The van der Waals surface area contributed by atoms with Crippen LogP contribution in [0.2, 0.25) is 0 Å². The van der Waals surface area contributed by atoms with Crippen LogP contribution in [-0.2, 0) is 6.54 Å². The predicted molar refractivity (Wildman–Crippen MR) is 99.1 cm³/mol. The lowest BCUT2D eigenvalue weighted by molar-refractivity contribution is -0.0507. The first-order valence-corrected chi connectivity index (χ1v) is 8.29. The Balaban J connectivity index is 2.28. The zero-order valence-corrected chi connectivity index (χ0v) is 15.7. The summed E-state index contributed by atoms with van der Waals surface area (Å²) in [4.78, 5) is 14.7. The molecule has 0 aliphatic rings. The molecule has 0 aromatic heterocycles. The smallest absolute Gasteiger partial charge is 0.387 e. The van der Waals surface area contributed by atoms with Gasteiger partial charge in [0.2, 0.25) is 0 Å². The highest BCUT2D eigenvalue weighted by atomic mass is 19.3. The molecular formula is C20H24F2N2O2. The maximum Gasteiger partial charge on any atom is 0.387 e. The fourth-order valence-corrected chi connectivity index (χ4v) is 2.87. The van der Waals surface area contributed by atoms with Gasteiger partial charge in [-0.15, -0.1) is 0 Å². The number of halogens is 2. The zero-order chi connectivity index (χ0) is 19.4. The number of benzene rings is 2. The van der Waals surface area contributed by atoms with Crippen LogP contribution >= 0.6 is 0 Å². The number of hydrogen-bond donors (Lipinski definition) is 1. The summed E-state index contributed by atoms with van der Waals surface area (Å²) in [6.45, 7) is 3.08. The van der Waals surface area contributed by atoms with E-state index >= 15 is 0 Å². The molecule has 2 rings (SSSR count). The van der Waals surface area contributed by atoms with Gasteiger partial charge in [0, 0.05) is 17.8 Å². The summed E-state index contributed by atoms with van der Waals surface area (Å²) >= 11 is 0. The van der Waals surface area contributed by atoms with Crippen LogP contribution < -0.4 is 10.1 Å². The van der Waals surface area contributed by atoms with Gasteiger partial charge in [0.15, 0.2) is 0 Å². The third-order valence-electron chi connectivity index (χ3n) is 3.92. The van der Waals surface area contributed by atoms with Crippen molar-refractivity contribution in [1.82, 2.24) is 4.90 Å². The first-order valence-electron chi connectivity index (χ1n) is 8.29. The molecule has 0 aliphatic heterocycles. The Hall–Kier alpha value is -2.47. The van der Waals surface area contributed by atoms with Gasteiger partial charge >= 0.3 is 6.61 Å². The molecule has 0 unspecified atom stereocenters. The molecule has 0 saturated heterocycles. The lowest BCUT2D eigenvalue weighted by Gasteiger charge is -2.17. The molecule has 0 atom stereocenters. The Labute approximate surface area is 152 Å². The minimum Gasteiger partial charge on any atom is -0.434 e. The van der Waals surface area contributed by atoms with E-state index in [2.05, 4.69) is 10.1 Å². The summed E-state index contributed by atoms with van der Waals surface area (Å²) in [5, 5.41) is 2.92. The van der Waals surface area contributed by atoms with Crippen LogP contribution in [0.15, 0.2) is 30.3 Å². The van der Waals surface area contributed by atoms with E-state index in [9.17, 15) is 13.6 Å². The number of nitrogens with zero attached hydrogens (tertiary/aromatic N) is 1. The summed E-state index contributed by atoms with van der Waals surface area (Å²) in [5.41, 5.74) is 4.24. The number of aryl methyl sites for hydroxylation is 3.